The molecule has 3 unspecified atom stereocenters. The van der Waals surface area contributed by atoms with E-state index in [1.54, 1.807) is 0 Å². The average Bonchev–Trinajstić information content (AvgIpc) is 2.33. The van der Waals surface area contributed by atoms with E-state index in [1.165, 1.54) is 0 Å². The SMILES string of the molecule is C=CC(C)C(CC(C)O[Si](C)(C)C(C)(C)C)O[Si](C)(C)C(C)(C)C. The van der Waals surface area contributed by atoms with Crippen LogP contribution in [0.25, 0.3) is 0 Å². The molecule has 0 saturated heterocycles. The lowest BCUT2D eigenvalue weighted by Crippen LogP contribution is -2.48. The van der Waals surface area contributed by atoms with Gasteiger partial charge in [-0.2, -0.15) is 0 Å². The predicted octanol–water partition coefficient (Wildman–Crippen LogP) is 7.00. The minimum absolute atomic E-state index is 0.183. The van der Waals surface area contributed by atoms with Gasteiger partial charge in [0.05, 0.1) is 6.10 Å². The summed E-state index contributed by atoms with van der Waals surface area (Å²) in [6.07, 6.45) is 3.36. The molecule has 0 saturated carbocycles. The Labute approximate surface area is 154 Å². The van der Waals surface area contributed by atoms with E-state index < -0.39 is 16.6 Å². The Morgan fingerprint density at radius 3 is 1.54 bits per heavy atom. The van der Waals surface area contributed by atoms with E-state index in [9.17, 15) is 0 Å². The Hall–Kier alpha value is 0.0938. The third kappa shape index (κ3) is 6.77. The molecule has 3 atom stereocenters. The zero-order valence-electron chi connectivity index (χ0n) is 18.5. The topological polar surface area (TPSA) is 18.5 Å². The molecule has 0 aromatic carbocycles. The molecule has 0 rings (SSSR count). The lowest BCUT2D eigenvalue weighted by molar-refractivity contribution is 0.0803. The molecule has 4 heteroatoms. The van der Waals surface area contributed by atoms with Gasteiger partial charge >= 0.3 is 0 Å². The molecule has 24 heavy (non-hydrogen) atoms. The van der Waals surface area contributed by atoms with Crippen LogP contribution in [0.2, 0.25) is 36.3 Å². The highest BCUT2D eigenvalue weighted by molar-refractivity contribution is 6.74. The van der Waals surface area contributed by atoms with Crippen LogP contribution in [0, 0.1) is 5.92 Å². The van der Waals surface area contributed by atoms with E-state index >= 15 is 0 Å². The second-order valence-corrected chi connectivity index (χ2v) is 19.9. The maximum absolute atomic E-state index is 6.73. The second-order valence-electron chi connectivity index (χ2n) is 10.4. The fraction of sp³-hybridized carbons (Fsp3) is 0.900. The lowest BCUT2D eigenvalue weighted by atomic mass is 10.0. The van der Waals surface area contributed by atoms with Crippen molar-refractivity contribution in [2.45, 2.75) is 110 Å². The summed E-state index contributed by atoms with van der Waals surface area (Å²) in [5, 5.41) is 0.455. The van der Waals surface area contributed by atoms with Crippen LogP contribution in [0.3, 0.4) is 0 Å². The molecule has 0 fully saturated rings. The van der Waals surface area contributed by atoms with Gasteiger partial charge in [0, 0.05) is 6.10 Å². The molecule has 0 radical (unpaired) electrons. The summed E-state index contributed by atoms with van der Waals surface area (Å²) >= 11 is 0. The van der Waals surface area contributed by atoms with Crippen LogP contribution in [0.5, 0.6) is 0 Å². The number of hydrogen-bond donors (Lipinski definition) is 0. The van der Waals surface area contributed by atoms with Crippen molar-refractivity contribution in [1.29, 1.82) is 0 Å². The molecule has 0 aromatic heterocycles. The average molecular weight is 373 g/mol. The molecular weight excluding hydrogens is 328 g/mol. The normalized spacial score (nSPS) is 18.2. The van der Waals surface area contributed by atoms with Gasteiger partial charge in [-0.05, 0) is 55.5 Å². The zero-order valence-corrected chi connectivity index (χ0v) is 20.5. The van der Waals surface area contributed by atoms with E-state index in [0.29, 0.717) is 5.92 Å². The molecule has 0 heterocycles. The van der Waals surface area contributed by atoms with Crippen LogP contribution < -0.4 is 0 Å². The van der Waals surface area contributed by atoms with Crippen LogP contribution in [0.4, 0.5) is 0 Å². The van der Waals surface area contributed by atoms with Gasteiger partial charge in [-0.25, -0.2) is 0 Å². The van der Waals surface area contributed by atoms with Crippen molar-refractivity contribution in [1.82, 2.24) is 0 Å². The first-order valence-corrected chi connectivity index (χ1v) is 15.2. The summed E-state index contributed by atoms with van der Waals surface area (Å²) in [6.45, 7) is 31.5. The van der Waals surface area contributed by atoms with Gasteiger partial charge in [0.2, 0.25) is 0 Å². The first-order valence-electron chi connectivity index (χ1n) is 9.43. The zero-order chi connectivity index (χ0) is 19.6. The van der Waals surface area contributed by atoms with Crippen molar-refractivity contribution in [3.8, 4) is 0 Å². The van der Waals surface area contributed by atoms with Gasteiger partial charge in [-0.15, -0.1) is 6.58 Å². The van der Waals surface area contributed by atoms with Crippen molar-refractivity contribution in [2.75, 3.05) is 0 Å². The third-order valence-electron chi connectivity index (χ3n) is 6.08. The molecule has 0 aliphatic rings. The van der Waals surface area contributed by atoms with E-state index in [1.807, 2.05) is 6.08 Å². The Balaban J connectivity index is 5.15. The summed E-state index contributed by atoms with van der Waals surface area (Å²) in [5.74, 6) is 0.338. The third-order valence-corrected chi connectivity index (χ3v) is 15.2. The molecule has 0 aromatic rings. The fourth-order valence-corrected chi connectivity index (χ4v) is 5.01. The largest absolute Gasteiger partial charge is 0.414 e. The number of hydrogen-bond acceptors (Lipinski definition) is 2. The van der Waals surface area contributed by atoms with Gasteiger partial charge in [0.15, 0.2) is 16.6 Å². The smallest absolute Gasteiger partial charge is 0.192 e. The molecule has 2 nitrogen and oxygen atoms in total. The molecule has 0 amide bonds. The molecule has 0 aliphatic heterocycles. The summed E-state index contributed by atoms with van der Waals surface area (Å²) in [5.41, 5.74) is 0. The highest BCUT2D eigenvalue weighted by Crippen LogP contribution is 2.40. The minimum Gasteiger partial charge on any atom is -0.414 e. The van der Waals surface area contributed by atoms with Crippen molar-refractivity contribution in [3.05, 3.63) is 12.7 Å². The van der Waals surface area contributed by atoms with Gasteiger partial charge in [-0.1, -0.05) is 54.5 Å². The Bertz CT molecular complexity index is 403. The molecule has 0 N–H and O–H groups in total. The predicted molar refractivity (Wildman–Crippen MR) is 114 cm³/mol. The molecule has 144 valence electrons. The fourth-order valence-electron chi connectivity index (χ4n) is 2.13. The quantitative estimate of drug-likeness (QED) is 0.337. The summed E-state index contributed by atoms with van der Waals surface area (Å²) in [4.78, 5) is 0. The standard InChI is InChI=1S/C20H44O2Si2/c1-14-16(2)18(22-24(12,13)20(7,8)9)15-17(3)21-23(10,11)19(4,5)6/h14,16-18H,1,15H2,2-13H3. The molecular formula is C20H44O2Si2. The van der Waals surface area contributed by atoms with Crippen molar-refractivity contribution < 1.29 is 8.85 Å². The van der Waals surface area contributed by atoms with Gasteiger partial charge in [0.25, 0.3) is 0 Å². The molecule has 0 spiro atoms. The number of rotatable bonds is 8. The highest BCUT2D eigenvalue weighted by atomic mass is 28.4. The highest BCUT2D eigenvalue weighted by Gasteiger charge is 2.42. The Morgan fingerprint density at radius 1 is 0.833 bits per heavy atom. The summed E-state index contributed by atoms with van der Waals surface area (Å²) in [7, 11) is -3.55. The first kappa shape index (κ1) is 24.1. The minimum atomic E-state index is -1.80. The van der Waals surface area contributed by atoms with Crippen LogP contribution in [-0.2, 0) is 8.85 Å². The Kier molecular flexibility index (Phi) is 8.22. The van der Waals surface area contributed by atoms with Gasteiger partial charge in [-0.3, -0.25) is 0 Å². The van der Waals surface area contributed by atoms with Crippen molar-refractivity contribution in [3.63, 3.8) is 0 Å². The maximum atomic E-state index is 6.73. The van der Waals surface area contributed by atoms with Crippen LogP contribution >= 0.6 is 0 Å². The summed E-state index contributed by atoms with van der Waals surface area (Å²) < 4.78 is 13.3. The van der Waals surface area contributed by atoms with Crippen LogP contribution in [0.15, 0.2) is 12.7 Å². The van der Waals surface area contributed by atoms with Gasteiger partial charge in [0.1, 0.15) is 0 Å². The van der Waals surface area contributed by atoms with Crippen LogP contribution in [0.1, 0.15) is 61.8 Å². The van der Waals surface area contributed by atoms with Crippen molar-refractivity contribution >= 4 is 16.6 Å². The second kappa shape index (κ2) is 8.19. The molecule has 0 aliphatic carbocycles. The van der Waals surface area contributed by atoms with Gasteiger partial charge < -0.3 is 8.85 Å². The summed E-state index contributed by atoms with van der Waals surface area (Å²) in [6, 6.07) is 0. The lowest BCUT2D eigenvalue weighted by Gasteiger charge is -2.43. The van der Waals surface area contributed by atoms with E-state index in [-0.39, 0.29) is 22.3 Å². The van der Waals surface area contributed by atoms with Crippen molar-refractivity contribution in [2.24, 2.45) is 5.92 Å². The first-order chi connectivity index (χ1) is 10.4. The monoisotopic (exact) mass is 372 g/mol. The molecule has 0 bridgehead atoms. The Morgan fingerprint density at radius 2 is 1.21 bits per heavy atom. The van der Waals surface area contributed by atoms with E-state index in [2.05, 4.69) is 88.2 Å². The van der Waals surface area contributed by atoms with E-state index in [0.717, 1.165) is 6.42 Å². The van der Waals surface area contributed by atoms with Crippen LogP contribution in [-0.4, -0.2) is 28.8 Å². The van der Waals surface area contributed by atoms with E-state index in [4.69, 9.17) is 8.85 Å². The maximum Gasteiger partial charge on any atom is 0.192 e.